The number of rotatable bonds is 8. The van der Waals surface area contributed by atoms with E-state index in [9.17, 15) is 9.90 Å². The number of methoxy groups -OCH3 is 1. The smallest absolute Gasteiger partial charge is 0.227 e. The molecule has 1 fully saturated rings. The maximum absolute atomic E-state index is 13.0. The molecule has 3 aromatic carbocycles. The summed E-state index contributed by atoms with van der Waals surface area (Å²) in [5.41, 5.74) is 4.71. The van der Waals surface area contributed by atoms with Gasteiger partial charge < -0.3 is 24.0 Å². The average Bonchev–Trinajstić information content (AvgIpc) is 3.44. The predicted molar refractivity (Wildman–Crippen MR) is 140 cm³/mol. The van der Waals surface area contributed by atoms with Crippen molar-refractivity contribution in [1.82, 2.24) is 9.55 Å². The molecule has 2 unspecified atom stereocenters. The average molecular weight is 486 g/mol. The van der Waals surface area contributed by atoms with Gasteiger partial charge in [0.25, 0.3) is 0 Å². The van der Waals surface area contributed by atoms with E-state index in [0.29, 0.717) is 19.5 Å². The van der Waals surface area contributed by atoms with Crippen LogP contribution in [0.2, 0.25) is 0 Å². The van der Waals surface area contributed by atoms with Crippen LogP contribution in [0.5, 0.6) is 11.5 Å². The summed E-state index contributed by atoms with van der Waals surface area (Å²) in [6.45, 7) is 5.03. The van der Waals surface area contributed by atoms with Gasteiger partial charge in [-0.25, -0.2) is 4.98 Å². The van der Waals surface area contributed by atoms with Crippen molar-refractivity contribution >= 4 is 22.6 Å². The van der Waals surface area contributed by atoms with E-state index in [1.165, 1.54) is 0 Å². The summed E-state index contributed by atoms with van der Waals surface area (Å²) in [6.07, 6.45) is -0.375. The highest BCUT2D eigenvalue weighted by molar-refractivity contribution is 5.96. The molecule has 1 aromatic heterocycles. The van der Waals surface area contributed by atoms with E-state index in [4.69, 9.17) is 14.5 Å². The number of aromatic nitrogens is 2. The number of benzene rings is 3. The third kappa shape index (κ3) is 4.66. The molecular formula is C29H31N3O4. The number of amides is 1. The summed E-state index contributed by atoms with van der Waals surface area (Å²) in [7, 11) is 1.62. The van der Waals surface area contributed by atoms with Gasteiger partial charge in [-0.15, -0.1) is 0 Å². The predicted octanol–water partition coefficient (Wildman–Crippen LogP) is 4.62. The van der Waals surface area contributed by atoms with Gasteiger partial charge in [-0.05, 0) is 61.4 Å². The standard InChI is InChI=1S/C29H31N3O4/c1-19-7-6-8-20(2)28(19)36-18-23(33)17-32-26-10-5-4-9-25(26)30-29(32)21-15-27(34)31(16-21)22-11-13-24(35-3)14-12-22/h4-14,21,23,33H,15-18H2,1-3H3. The molecule has 0 bridgehead atoms. The monoisotopic (exact) mass is 485 g/mol. The van der Waals surface area contributed by atoms with Gasteiger partial charge in [0, 0.05) is 24.6 Å². The summed E-state index contributed by atoms with van der Waals surface area (Å²) in [5, 5.41) is 11.0. The number of aliphatic hydroxyl groups is 1. The number of aryl methyl sites for hydroxylation is 2. The van der Waals surface area contributed by atoms with Crippen LogP contribution in [-0.4, -0.2) is 46.9 Å². The summed E-state index contributed by atoms with van der Waals surface area (Å²) in [5.74, 6) is 2.35. The van der Waals surface area contributed by atoms with E-state index in [1.54, 1.807) is 12.0 Å². The Labute approximate surface area is 210 Å². The first-order valence-corrected chi connectivity index (χ1v) is 12.2. The zero-order valence-corrected chi connectivity index (χ0v) is 20.8. The third-order valence-electron chi connectivity index (χ3n) is 6.78. The quantitative estimate of drug-likeness (QED) is 0.394. The first kappa shape index (κ1) is 23.9. The number of fused-ring (bicyclic) bond motifs is 1. The zero-order chi connectivity index (χ0) is 25.2. The molecule has 36 heavy (non-hydrogen) atoms. The van der Waals surface area contributed by atoms with Gasteiger partial charge in [0.05, 0.1) is 24.7 Å². The van der Waals surface area contributed by atoms with Gasteiger partial charge in [0.2, 0.25) is 5.91 Å². The van der Waals surface area contributed by atoms with Crippen LogP contribution in [0.4, 0.5) is 5.69 Å². The van der Waals surface area contributed by atoms with E-state index in [2.05, 4.69) is 0 Å². The number of aliphatic hydroxyl groups excluding tert-OH is 1. The Bertz CT molecular complexity index is 1360. The minimum absolute atomic E-state index is 0.0580. The van der Waals surface area contributed by atoms with Gasteiger partial charge in [0.15, 0.2) is 0 Å². The largest absolute Gasteiger partial charge is 0.497 e. The second-order valence-corrected chi connectivity index (χ2v) is 9.36. The maximum Gasteiger partial charge on any atom is 0.227 e. The lowest BCUT2D eigenvalue weighted by Crippen LogP contribution is -2.26. The van der Waals surface area contributed by atoms with Crippen molar-refractivity contribution in [2.45, 2.75) is 38.8 Å². The van der Waals surface area contributed by atoms with Gasteiger partial charge in [-0.2, -0.15) is 0 Å². The molecular weight excluding hydrogens is 454 g/mol. The van der Waals surface area contributed by atoms with E-state index < -0.39 is 6.10 Å². The molecule has 4 aromatic rings. The number of ether oxygens (including phenoxy) is 2. The van der Waals surface area contributed by atoms with Crippen LogP contribution in [-0.2, 0) is 11.3 Å². The van der Waals surface area contributed by atoms with Crippen molar-refractivity contribution in [2.24, 2.45) is 0 Å². The molecule has 0 aliphatic carbocycles. The zero-order valence-electron chi connectivity index (χ0n) is 20.8. The van der Waals surface area contributed by atoms with Gasteiger partial charge >= 0.3 is 0 Å². The van der Waals surface area contributed by atoms with Crippen LogP contribution in [0.15, 0.2) is 66.7 Å². The molecule has 1 N–H and O–H groups in total. The molecule has 1 aliphatic rings. The number of anilines is 1. The molecule has 186 valence electrons. The van der Waals surface area contributed by atoms with Crippen molar-refractivity contribution in [3.8, 4) is 11.5 Å². The Hall–Kier alpha value is -3.84. The van der Waals surface area contributed by atoms with Crippen LogP contribution < -0.4 is 14.4 Å². The maximum atomic E-state index is 13.0. The Kier molecular flexibility index (Phi) is 6.65. The second-order valence-electron chi connectivity index (χ2n) is 9.36. The van der Waals surface area contributed by atoms with Gasteiger partial charge in [-0.3, -0.25) is 4.79 Å². The third-order valence-corrected chi connectivity index (χ3v) is 6.78. The van der Waals surface area contributed by atoms with Crippen LogP contribution in [0.3, 0.4) is 0 Å². The highest BCUT2D eigenvalue weighted by Gasteiger charge is 2.35. The molecule has 0 radical (unpaired) electrons. The first-order chi connectivity index (χ1) is 17.4. The Morgan fingerprint density at radius 1 is 1.03 bits per heavy atom. The van der Waals surface area contributed by atoms with Crippen molar-refractivity contribution in [3.05, 3.63) is 83.7 Å². The Balaban J connectivity index is 1.38. The minimum atomic E-state index is -0.741. The summed E-state index contributed by atoms with van der Waals surface area (Å²) >= 11 is 0. The van der Waals surface area contributed by atoms with Gasteiger partial charge in [-0.1, -0.05) is 30.3 Å². The number of para-hydroxylation sites is 3. The molecule has 2 atom stereocenters. The molecule has 1 amide bonds. The number of nitrogens with zero attached hydrogens (tertiary/aromatic N) is 3. The fraction of sp³-hybridized carbons (Fsp3) is 0.310. The highest BCUT2D eigenvalue weighted by Crippen LogP contribution is 2.34. The van der Waals surface area contributed by atoms with Crippen molar-refractivity contribution in [1.29, 1.82) is 0 Å². The highest BCUT2D eigenvalue weighted by atomic mass is 16.5. The summed E-state index contributed by atoms with van der Waals surface area (Å²) in [4.78, 5) is 19.7. The molecule has 7 heteroatoms. The molecule has 2 heterocycles. The fourth-order valence-electron chi connectivity index (χ4n) is 4.96. The number of carbonyl (C=O) groups is 1. The molecule has 5 rings (SSSR count). The SMILES string of the molecule is COc1ccc(N2CC(c3nc4ccccc4n3CC(O)COc3c(C)cccc3C)CC2=O)cc1. The lowest BCUT2D eigenvalue weighted by atomic mass is 10.1. The summed E-state index contributed by atoms with van der Waals surface area (Å²) < 4.78 is 13.3. The van der Waals surface area contributed by atoms with Crippen molar-refractivity contribution in [2.75, 3.05) is 25.2 Å². The van der Waals surface area contributed by atoms with E-state index in [1.807, 2.05) is 85.1 Å². The summed E-state index contributed by atoms with van der Waals surface area (Å²) in [6, 6.07) is 21.4. The van der Waals surface area contributed by atoms with Crippen LogP contribution >= 0.6 is 0 Å². The topological polar surface area (TPSA) is 76.8 Å². The normalized spacial score (nSPS) is 16.5. The molecule has 0 saturated carbocycles. The molecule has 0 spiro atoms. The molecule has 7 nitrogen and oxygen atoms in total. The Morgan fingerprint density at radius 3 is 2.47 bits per heavy atom. The van der Waals surface area contributed by atoms with Crippen LogP contribution in [0.25, 0.3) is 11.0 Å². The number of hydrogen-bond acceptors (Lipinski definition) is 5. The number of carbonyl (C=O) groups excluding carboxylic acids is 1. The molecule has 1 aliphatic heterocycles. The van der Waals surface area contributed by atoms with E-state index in [-0.39, 0.29) is 18.4 Å². The lowest BCUT2D eigenvalue weighted by Gasteiger charge is -2.20. The fourth-order valence-corrected chi connectivity index (χ4v) is 4.96. The van der Waals surface area contributed by atoms with E-state index in [0.717, 1.165) is 45.2 Å². The first-order valence-electron chi connectivity index (χ1n) is 12.2. The van der Waals surface area contributed by atoms with Crippen LogP contribution in [0, 0.1) is 13.8 Å². The van der Waals surface area contributed by atoms with Crippen molar-refractivity contribution in [3.63, 3.8) is 0 Å². The Morgan fingerprint density at radius 2 is 1.75 bits per heavy atom. The minimum Gasteiger partial charge on any atom is -0.497 e. The number of hydrogen-bond donors (Lipinski definition) is 1. The second kappa shape index (κ2) is 10.0. The van der Waals surface area contributed by atoms with Crippen molar-refractivity contribution < 1.29 is 19.4 Å². The van der Waals surface area contributed by atoms with E-state index >= 15 is 0 Å². The molecule has 1 saturated heterocycles. The number of imidazole rings is 1. The lowest BCUT2D eigenvalue weighted by molar-refractivity contribution is -0.117. The van der Waals surface area contributed by atoms with Crippen LogP contribution in [0.1, 0.15) is 29.3 Å². The van der Waals surface area contributed by atoms with Gasteiger partial charge in [0.1, 0.15) is 30.0 Å².